The lowest BCUT2D eigenvalue weighted by Crippen LogP contribution is -2.39. The number of nitrogens with one attached hydrogen (secondary N) is 1. The van der Waals surface area contributed by atoms with Crippen molar-refractivity contribution in [1.29, 1.82) is 0 Å². The van der Waals surface area contributed by atoms with Gasteiger partial charge in [0.25, 0.3) is 0 Å². The second-order valence-electron chi connectivity index (χ2n) is 6.86. The van der Waals surface area contributed by atoms with E-state index in [-0.39, 0.29) is 0 Å². The van der Waals surface area contributed by atoms with Gasteiger partial charge in [0.1, 0.15) is 0 Å². The highest BCUT2D eigenvalue weighted by molar-refractivity contribution is 7.88. The fraction of sp³-hybridized carbons (Fsp3) is 1.00. The van der Waals surface area contributed by atoms with Crippen molar-refractivity contribution in [1.82, 2.24) is 9.62 Å². The molecule has 1 N–H and O–H groups in total. The summed E-state index contributed by atoms with van der Waals surface area (Å²) in [6, 6.07) is 0. The van der Waals surface area contributed by atoms with Crippen LogP contribution in [0.15, 0.2) is 0 Å². The molecule has 1 heterocycles. The SMILES string of the molecule is CC(C)CNCC(C)CCC1CCCN(S(C)(=O)=O)C1. The number of hydrogen-bond donors (Lipinski definition) is 1. The molecule has 2 atom stereocenters. The van der Waals surface area contributed by atoms with Gasteiger partial charge in [0.05, 0.1) is 6.26 Å². The van der Waals surface area contributed by atoms with E-state index in [2.05, 4.69) is 26.1 Å². The molecule has 0 bridgehead atoms. The summed E-state index contributed by atoms with van der Waals surface area (Å²) >= 11 is 0. The lowest BCUT2D eigenvalue weighted by atomic mass is 9.91. The highest BCUT2D eigenvalue weighted by Crippen LogP contribution is 2.24. The molecular weight excluding hydrogens is 272 g/mol. The Bertz CT molecular complexity index is 368. The predicted molar refractivity (Wildman–Crippen MR) is 85.2 cm³/mol. The van der Waals surface area contributed by atoms with Crippen molar-refractivity contribution in [3.8, 4) is 0 Å². The zero-order valence-corrected chi connectivity index (χ0v) is 14.4. The Morgan fingerprint density at radius 1 is 1.25 bits per heavy atom. The maximum Gasteiger partial charge on any atom is 0.211 e. The second kappa shape index (κ2) is 8.35. The van der Waals surface area contributed by atoms with E-state index in [9.17, 15) is 8.42 Å². The van der Waals surface area contributed by atoms with E-state index in [1.165, 1.54) is 19.1 Å². The van der Waals surface area contributed by atoms with E-state index in [0.717, 1.165) is 32.5 Å². The van der Waals surface area contributed by atoms with E-state index in [0.29, 0.717) is 24.3 Å². The largest absolute Gasteiger partial charge is 0.316 e. The van der Waals surface area contributed by atoms with Crippen LogP contribution in [0, 0.1) is 17.8 Å². The highest BCUT2D eigenvalue weighted by atomic mass is 32.2. The third-order valence-corrected chi connectivity index (χ3v) is 5.33. The van der Waals surface area contributed by atoms with Crippen molar-refractivity contribution < 1.29 is 8.42 Å². The molecule has 0 spiro atoms. The van der Waals surface area contributed by atoms with E-state index in [1.54, 1.807) is 4.31 Å². The first-order valence-corrected chi connectivity index (χ1v) is 9.79. The zero-order valence-electron chi connectivity index (χ0n) is 13.6. The zero-order chi connectivity index (χ0) is 15.2. The number of rotatable bonds is 8. The van der Waals surface area contributed by atoms with Crippen LogP contribution in [0.2, 0.25) is 0 Å². The van der Waals surface area contributed by atoms with E-state index < -0.39 is 10.0 Å². The summed E-state index contributed by atoms with van der Waals surface area (Å²) in [5.41, 5.74) is 0. The van der Waals surface area contributed by atoms with Gasteiger partial charge in [-0.05, 0) is 56.5 Å². The number of sulfonamides is 1. The normalized spacial score (nSPS) is 23.1. The average molecular weight is 304 g/mol. The van der Waals surface area contributed by atoms with Crippen molar-refractivity contribution in [2.24, 2.45) is 17.8 Å². The van der Waals surface area contributed by atoms with Crippen molar-refractivity contribution in [2.45, 2.75) is 46.5 Å². The summed E-state index contributed by atoms with van der Waals surface area (Å²) in [7, 11) is -3.00. The first-order chi connectivity index (χ1) is 9.29. The van der Waals surface area contributed by atoms with Gasteiger partial charge in [0, 0.05) is 13.1 Å². The molecule has 120 valence electrons. The van der Waals surface area contributed by atoms with Crippen molar-refractivity contribution in [3.63, 3.8) is 0 Å². The summed E-state index contributed by atoms with van der Waals surface area (Å²) in [6.07, 6.45) is 5.85. The van der Waals surface area contributed by atoms with Gasteiger partial charge < -0.3 is 5.32 Å². The van der Waals surface area contributed by atoms with Crippen LogP contribution in [0.4, 0.5) is 0 Å². The summed E-state index contributed by atoms with van der Waals surface area (Å²) in [6.45, 7) is 10.3. The van der Waals surface area contributed by atoms with Crippen molar-refractivity contribution in [2.75, 3.05) is 32.4 Å². The molecule has 20 heavy (non-hydrogen) atoms. The molecule has 1 aliphatic heterocycles. The van der Waals surface area contributed by atoms with Gasteiger partial charge in [-0.25, -0.2) is 12.7 Å². The number of piperidine rings is 1. The van der Waals surface area contributed by atoms with Crippen LogP contribution in [0.5, 0.6) is 0 Å². The molecule has 0 aromatic carbocycles. The Hall–Kier alpha value is -0.130. The molecule has 5 heteroatoms. The van der Waals surface area contributed by atoms with Crippen LogP contribution in [0.1, 0.15) is 46.5 Å². The van der Waals surface area contributed by atoms with Gasteiger partial charge in [0.2, 0.25) is 10.0 Å². The highest BCUT2D eigenvalue weighted by Gasteiger charge is 2.25. The molecule has 1 saturated heterocycles. The predicted octanol–water partition coefficient (Wildman–Crippen LogP) is 2.32. The smallest absolute Gasteiger partial charge is 0.211 e. The molecule has 0 aliphatic carbocycles. The Kier molecular flexibility index (Phi) is 7.48. The van der Waals surface area contributed by atoms with Crippen LogP contribution in [-0.2, 0) is 10.0 Å². The molecule has 1 rings (SSSR count). The van der Waals surface area contributed by atoms with E-state index >= 15 is 0 Å². The first-order valence-electron chi connectivity index (χ1n) is 7.95. The molecule has 0 aromatic rings. The van der Waals surface area contributed by atoms with Crippen LogP contribution < -0.4 is 5.32 Å². The molecule has 0 saturated carbocycles. The fourth-order valence-corrected chi connectivity index (χ4v) is 3.75. The van der Waals surface area contributed by atoms with Gasteiger partial charge >= 0.3 is 0 Å². The lowest BCUT2D eigenvalue weighted by Gasteiger charge is -2.31. The minimum atomic E-state index is -3.00. The minimum absolute atomic E-state index is 0.547. The quantitative estimate of drug-likeness (QED) is 0.749. The van der Waals surface area contributed by atoms with E-state index in [4.69, 9.17) is 0 Å². The lowest BCUT2D eigenvalue weighted by molar-refractivity contribution is 0.244. The Morgan fingerprint density at radius 2 is 1.95 bits per heavy atom. The molecule has 1 aliphatic rings. The summed E-state index contributed by atoms with van der Waals surface area (Å²) in [5.74, 6) is 1.91. The maximum absolute atomic E-state index is 11.6. The fourth-order valence-electron chi connectivity index (χ4n) is 2.80. The van der Waals surface area contributed by atoms with Gasteiger partial charge in [-0.3, -0.25) is 0 Å². The minimum Gasteiger partial charge on any atom is -0.316 e. The van der Waals surface area contributed by atoms with Gasteiger partial charge in [-0.1, -0.05) is 20.8 Å². The Labute approximate surface area is 125 Å². The molecule has 0 amide bonds. The third kappa shape index (κ3) is 7.04. The summed E-state index contributed by atoms with van der Waals surface area (Å²) < 4.78 is 24.8. The summed E-state index contributed by atoms with van der Waals surface area (Å²) in [4.78, 5) is 0. The van der Waals surface area contributed by atoms with E-state index in [1.807, 2.05) is 0 Å². The third-order valence-electron chi connectivity index (χ3n) is 4.06. The van der Waals surface area contributed by atoms with Gasteiger partial charge in [0.15, 0.2) is 0 Å². The number of hydrogen-bond acceptors (Lipinski definition) is 3. The maximum atomic E-state index is 11.6. The van der Waals surface area contributed by atoms with Crippen LogP contribution in [-0.4, -0.2) is 45.2 Å². The molecule has 2 unspecified atom stereocenters. The van der Waals surface area contributed by atoms with Gasteiger partial charge in [-0.2, -0.15) is 0 Å². The molecular formula is C15H32N2O2S. The standard InChI is InChI=1S/C15H32N2O2S/c1-13(2)10-16-11-14(3)7-8-15-6-5-9-17(12-15)20(4,18)19/h13-16H,5-12H2,1-4H3. The Balaban J connectivity index is 2.24. The summed E-state index contributed by atoms with van der Waals surface area (Å²) in [5, 5.41) is 3.50. The topological polar surface area (TPSA) is 49.4 Å². The van der Waals surface area contributed by atoms with Crippen molar-refractivity contribution in [3.05, 3.63) is 0 Å². The van der Waals surface area contributed by atoms with Crippen molar-refractivity contribution >= 4 is 10.0 Å². The molecule has 0 aromatic heterocycles. The Morgan fingerprint density at radius 3 is 2.55 bits per heavy atom. The average Bonchev–Trinajstić information content (AvgIpc) is 2.35. The molecule has 1 fully saturated rings. The number of nitrogens with zero attached hydrogens (tertiary/aromatic N) is 1. The van der Waals surface area contributed by atoms with Crippen LogP contribution >= 0.6 is 0 Å². The molecule has 0 radical (unpaired) electrons. The van der Waals surface area contributed by atoms with Crippen LogP contribution in [0.25, 0.3) is 0 Å². The molecule has 4 nitrogen and oxygen atoms in total. The second-order valence-corrected chi connectivity index (χ2v) is 8.85. The van der Waals surface area contributed by atoms with Crippen LogP contribution in [0.3, 0.4) is 0 Å². The first kappa shape index (κ1) is 17.9. The monoisotopic (exact) mass is 304 g/mol. The van der Waals surface area contributed by atoms with Gasteiger partial charge in [-0.15, -0.1) is 0 Å².